The van der Waals surface area contributed by atoms with Crippen molar-refractivity contribution in [2.45, 2.75) is 0 Å². The second-order valence-corrected chi connectivity index (χ2v) is 4.29. The van der Waals surface area contributed by atoms with Gasteiger partial charge in [0.25, 0.3) is 0 Å². The molecule has 3 nitrogen and oxygen atoms in total. The molecule has 4 heteroatoms. The van der Waals surface area contributed by atoms with E-state index in [9.17, 15) is 9.65 Å². The van der Waals surface area contributed by atoms with Crippen molar-refractivity contribution in [2.24, 2.45) is 0 Å². The van der Waals surface area contributed by atoms with Crippen LogP contribution in [0.15, 0.2) is 54.6 Å². The molecule has 0 saturated carbocycles. The molecule has 2 aromatic carbocycles. The number of benzene rings is 2. The van der Waals surface area contributed by atoms with Crippen LogP contribution in [0.1, 0.15) is 5.56 Å². The maximum atomic E-state index is 13.7. The van der Waals surface area contributed by atoms with Crippen LogP contribution >= 0.6 is 0 Å². The Hall–Kier alpha value is -2.93. The first-order chi connectivity index (χ1) is 9.78. The predicted octanol–water partition coefficient (Wildman–Crippen LogP) is 3.99. The number of hydrogen-bond acceptors (Lipinski definition) is 3. The molecule has 0 saturated heterocycles. The first-order valence-electron chi connectivity index (χ1n) is 6.09. The van der Waals surface area contributed by atoms with Crippen LogP contribution in [-0.2, 0) is 0 Å². The Bertz CT molecular complexity index is 821. The summed E-state index contributed by atoms with van der Waals surface area (Å²) in [6.45, 7) is 0. The lowest BCUT2D eigenvalue weighted by Gasteiger charge is -2.09. The minimum atomic E-state index is -0.383. The van der Waals surface area contributed by atoms with Crippen molar-refractivity contribution in [3.8, 4) is 6.07 Å². The Balaban J connectivity index is 2.11. The number of halogens is 1. The second-order valence-electron chi connectivity index (χ2n) is 4.29. The predicted molar refractivity (Wildman–Crippen MR) is 76.1 cm³/mol. The van der Waals surface area contributed by atoms with Crippen LogP contribution in [0.3, 0.4) is 0 Å². The van der Waals surface area contributed by atoms with E-state index < -0.39 is 0 Å². The van der Waals surface area contributed by atoms with Gasteiger partial charge < -0.3 is 5.32 Å². The molecule has 0 amide bonds. The minimum Gasteiger partial charge on any atom is -0.337 e. The normalized spacial score (nSPS) is 10.2. The maximum absolute atomic E-state index is 13.7. The van der Waals surface area contributed by atoms with E-state index in [0.717, 1.165) is 10.9 Å². The van der Waals surface area contributed by atoms with E-state index in [0.29, 0.717) is 17.1 Å². The standard InChI is InChI=1S/C16H10FN3/c17-13-6-2-4-8-15(13)20-16-12(10-18)9-11-5-1-3-7-14(11)19-16/h1-9H,(H,19,20). The molecule has 1 aromatic heterocycles. The second kappa shape index (κ2) is 4.98. The molecule has 0 radical (unpaired) electrons. The molecular weight excluding hydrogens is 253 g/mol. The summed E-state index contributed by atoms with van der Waals surface area (Å²) in [4.78, 5) is 4.38. The summed E-state index contributed by atoms with van der Waals surface area (Å²) in [5.41, 5.74) is 1.43. The van der Waals surface area contributed by atoms with Gasteiger partial charge in [-0.3, -0.25) is 0 Å². The van der Waals surface area contributed by atoms with Crippen molar-refractivity contribution in [3.63, 3.8) is 0 Å². The third kappa shape index (κ3) is 2.17. The highest BCUT2D eigenvalue weighted by atomic mass is 19.1. The lowest BCUT2D eigenvalue weighted by Crippen LogP contribution is -1.99. The molecule has 0 aliphatic rings. The van der Waals surface area contributed by atoms with Gasteiger partial charge in [0.1, 0.15) is 17.7 Å². The van der Waals surface area contributed by atoms with E-state index in [2.05, 4.69) is 16.4 Å². The summed E-state index contributed by atoms with van der Waals surface area (Å²) >= 11 is 0. The molecule has 0 spiro atoms. The number of nitrogens with zero attached hydrogens (tertiary/aromatic N) is 2. The Labute approximate surface area is 115 Å². The third-order valence-electron chi connectivity index (χ3n) is 2.97. The van der Waals surface area contributed by atoms with Crippen molar-refractivity contribution in [1.29, 1.82) is 5.26 Å². The molecule has 0 fully saturated rings. The summed E-state index contributed by atoms with van der Waals surface area (Å²) in [6.07, 6.45) is 0. The molecule has 1 heterocycles. The lowest BCUT2D eigenvalue weighted by molar-refractivity contribution is 0.632. The summed E-state index contributed by atoms with van der Waals surface area (Å²) in [5, 5.41) is 13.0. The van der Waals surface area contributed by atoms with Gasteiger partial charge in [-0.25, -0.2) is 9.37 Å². The monoisotopic (exact) mass is 263 g/mol. The Morgan fingerprint density at radius 2 is 1.80 bits per heavy atom. The van der Waals surface area contributed by atoms with Gasteiger partial charge in [-0.1, -0.05) is 30.3 Å². The zero-order valence-electron chi connectivity index (χ0n) is 10.5. The Morgan fingerprint density at radius 1 is 1.05 bits per heavy atom. The highest BCUT2D eigenvalue weighted by Gasteiger charge is 2.08. The number of aromatic nitrogens is 1. The summed E-state index contributed by atoms with van der Waals surface area (Å²) in [6, 6.07) is 17.6. The molecule has 0 atom stereocenters. The quantitative estimate of drug-likeness (QED) is 0.760. The fourth-order valence-corrected chi connectivity index (χ4v) is 1.99. The summed E-state index contributed by atoms with van der Waals surface area (Å²) in [5.74, 6) is -0.0253. The highest BCUT2D eigenvalue weighted by Crippen LogP contribution is 2.24. The van der Waals surface area contributed by atoms with E-state index in [1.165, 1.54) is 6.07 Å². The molecule has 0 bridgehead atoms. The molecule has 0 aliphatic heterocycles. The molecule has 0 aliphatic carbocycles. The van der Waals surface area contributed by atoms with Gasteiger partial charge in [0.2, 0.25) is 0 Å². The maximum Gasteiger partial charge on any atom is 0.149 e. The molecular formula is C16H10FN3. The third-order valence-corrected chi connectivity index (χ3v) is 2.97. The average molecular weight is 263 g/mol. The number of pyridine rings is 1. The number of para-hydroxylation sites is 2. The number of nitrogens with one attached hydrogen (secondary N) is 1. The molecule has 3 rings (SSSR count). The Morgan fingerprint density at radius 3 is 2.60 bits per heavy atom. The van der Waals surface area contributed by atoms with E-state index in [1.54, 1.807) is 24.3 Å². The number of fused-ring (bicyclic) bond motifs is 1. The van der Waals surface area contributed by atoms with Crippen LogP contribution in [0.25, 0.3) is 10.9 Å². The van der Waals surface area contributed by atoms with Crippen LogP contribution in [0.5, 0.6) is 0 Å². The van der Waals surface area contributed by atoms with Gasteiger partial charge in [0.15, 0.2) is 0 Å². The summed E-state index contributed by atoms with van der Waals surface area (Å²) in [7, 11) is 0. The number of anilines is 2. The Kier molecular flexibility index (Phi) is 3.02. The first-order valence-corrected chi connectivity index (χ1v) is 6.09. The highest BCUT2D eigenvalue weighted by molar-refractivity contribution is 5.83. The van der Waals surface area contributed by atoms with Gasteiger partial charge in [-0.2, -0.15) is 5.26 Å². The number of hydrogen-bond donors (Lipinski definition) is 1. The van der Waals surface area contributed by atoms with E-state index in [4.69, 9.17) is 0 Å². The van der Waals surface area contributed by atoms with E-state index >= 15 is 0 Å². The van der Waals surface area contributed by atoms with Crippen molar-refractivity contribution in [1.82, 2.24) is 4.98 Å². The van der Waals surface area contributed by atoms with Gasteiger partial charge in [0, 0.05) is 5.39 Å². The van der Waals surface area contributed by atoms with Crippen molar-refractivity contribution >= 4 is 22.4 Å². The minimum absolute atomic E-state index is 0.298. The molecule has 3 aromatic rings. The van der Waals surface area contributed by atoms with Crippen molar-refractivity contribution in [2.75, 3.05) is 5.32 Å². The van der Waals surface area contributed by atoms with Crippen LogP contribution in [0.4, 0.5) is 15.9 Å². The average Bonchev–Trinajstić information content (AvgIpc) is 2.49. The topological polar surface area (TPSA) is 48.7 Å². The number of nitriles is 1. The largest absolute Gasteiger partial charge is 0.337 e. The smallest absolute Gasteiger partial charge is 0.149 e. The zero-order valence-corrected chi connectivity index (χ0v) is 10.5. The fraction of sp³-hybridized carbons (Fsp3) is 0. The molecule has 20 heavy (non-hydrogen) atoms. The summed E-state index contributed by atoms with van der Waals surface area (Å²) < 4.78 is 13.7. The van der Waals surface area contributed by atoms with Crippen LogP contribution in [0, 0.1) is 17.1 Å². The van der Waals surface area contributed by atoms with Crippen LogP contribution < -0.4 is 5.32 Å². The zero-order chi connectivity index (χ0) is 13.9. The van der Waals surface area contributed by atoms with E-state index in [-0.39, 0.29) is 5.82 Å². The molecule has 1 N–H and O–H groups in total. The van der Waals surface area contributed by atoms with Gasteiger partial charge >= 0.3 is 0 Å². The van der Waals surface area contributed by atoms with Gasteiger partial charge in [0.05, 0.1) is 16.8 Å². The van der Waals surface area contributed by atoms with Crippen molar-refractivity contribution < 1.29 is 4.39 Å². The van der Waals surface area contributed by atoms with Crippen LogP contribution in [-0.4, -0.2) is 4.98 Å². The SMILES string of the molecule is N#Cc1cc2ccccc2nc1Nc1ccccc1F. The van der Waals surface area contributed by atoms with Crippen LogP contribution in [0.2, 0.25) is 0 Å². The van der Waals surface area contributed by atoms with Gasteiger partial charge in [-0.05, 0) is 24.3 Å². The molecule has 0 unspecified atom stereocenters. The van der Waals surface area contributed by atoms with Crippen molar-refractivity contribution in [3.05, 3.63) is 66.0 Å². The van der Waals surface area contributed by atoms with Gasteiger partial charge in [-0.15, -0.1) is 0 Å². The fourth-order valence-electron chi connectivity index (χ4n) is 1.99. The first kappa shape index (κ1) is 12.1. The molecule has 96 valence electrons. The number of rotatable bonds is 2. The van der Waals surface area contributed by atoms with E-state index in [1.807, 2.05) is 24.3 Å². The lowest BCUT2D eigenvalue weighted by atomic mass is 10.1.